The molecule has 24 heavy (non-hydrogen) atoms. The summed E-state index contributed by atoms with van der Waals surface area (Å²) in [6.07, 6.45) is 3.06. The molecule has 0 aliphatic rings. The van der Waals surface area contributed by atoms with Gasteiger partial charge in [-0.15, -0.1) is 0 Å². The minimum Gasteiger partial charge on any atom is -0.495 e. The van der Waals surface area contributed by atoms with Gasteiger partial charge < -0.3 is 15.4 Å². The average molecular weight is 345 g/mol. The molecule has 2 amide bonds. The van der Waals surface area contributed by atoms with Crippen molar-refractivity contribution in [3.63, 3.8) is 0 Å². The lowest BCUT2D eigenvalue weighted by Gasteiger charge is -2.04. The Balaban J connectivity index is 2.00. The van der Waals surface area contributed by atoms with Crippen LogP contribution in [0.5, 0.6) is 5.75 Å². The van der Waals surface area contributed by atoms with Crippen molar-refractivity contribution in [1.29, 1.82) is 0 Å². The molecule has 0 aliphatic heterocycles. The van der Waals surface area contributed by atoms with Crippen LogP contribution in [-0.4, -0.2) is 26.0 Å². The molecule has 0 aromatic heterocycles. The number of carbonyl (C=O) groups is 2. The van der Waals surface area contributed by atoms with Gasteiger partial charge in [-0.1, -0.05) is 17.7 Å². The average Bonchev–Trinajstić information content (AvgIpc) is 2.60. The van der Waals surface area contributed by atoms with E-state index in [0.717, 1.165) is 5.56 Å². The van der Waals surface area contributed by atoms with Crippen LogP contribution in [0.1, 0.15) is 15.9 Å². The zero-order valence-electron chi connectivity index (χ0n) is 13.3. The van der Waals surface area contributed by atoms with E-state index in [-0.39, 0.29) is 11.8 Å². The molecule has 2 aromatic carbocycles. The van der Waals surface area contributed by atoms with Crippen LogP contribution in [0.15, 0.2) is 48.5 Å². The zero-order chi connectivity index (χ0) is 17.5. The lowest BCUT2D eigenvalue weighted by molar-refractivity contribution is -0.111. The van der Waals surface area contributed by atoms with Gasteiger partial charge in [-0.2, -0.15) is 0 Å². The largest absolute Gasteiger partial charge is 0.495 e. The molecule has 124 valence electrons. The molecule has 2 N–H and O–H groups in total. The van der Waals surface area contributed by atoms with Gasteiger partial charge in [0.25, 0.3) is 5.91 Å². The molecule has 0 radical (unpaired) electrons. The van der Waals surface area contributed by atoms with E-state index < -0.39 is 0 Å². The van der Waals surface area contributed by atoms with Crippen LogP contribution in [0, 0.1) is 0 Å². The first-order valence-electron chi connectivity index (χ1n) is 7.18. The second-order valence-electron chi connectivity index (χ2n) is 4.87. The molecule has 0 bridgehead atoms. The van der Waals surface area contributed by atoms with Crippen molar-refractivity contribution >= 4 is 35.2 Å². The number of ether oxygens (including phenoxy) is 1. The highest BCUT2D eigenvalue weighted by Gasteiger charge is 2.04. The van der Waals surface area contributed by atoms with Crippen LogP contribution in [0.2, 0.25) is 5.02 Å². The highest BCUT2D eigenvalue weighted by molar-refractivity contribution is 6.32. The first-order valence-corrected chi connectivity index (χ1v) is 7.56. The molecule has 0 aliphatic carbocycles. The predicted molar refractivity (Wildman–Crippen MR) is 95.5 cm³/mol. The summed E-state index contributed by atoms with van der Waals surface area (Å²) < 4.78 is 5.08. The van der Waals surface area contributed by atoms with Crippen molar-refractivity contribution in [3.8, 4) is 5.75 Å². The lowest BCUT2D eigenvalue weighted by atomic mass is 10.2. The van der Waals surface area contributed by atoms with Gasteiger partial charge in [0.1, 0.15) is 5.75 Å². The molecular formula is C18H17ClN2O3. The number of nitrogens with one attached hydrogen (secondary N) is 2. The number of rotatable bonds is 5. The van der Waals surface area contributed by atoms with Gasteiger partial charge in [-0.05, 0) is 48.0 Å². The Labute approximate surface area is 145 Å². The molecule has 0 fully saturated rings. The number of benzene rings is 2. The zero-order valence-corrected chi connectivity index (χ0v) is 14.1. The SMILES string of the molecule is CNC(=O)c1ccc(NC(=O)C=Cc2ccc(OC)c(Cl)c2)cc1. The summed E-state index contributed by atoms with van der Waals surface area (Å²) in [4.78, 5) is 23.4. The summed E-state index contributed by atoms with van der Waals surface area (Å²) in [6.45, 7) is 0. The maximum atomic E-state index is 11.9. The quantitative estimate of drug-likeness (QED) is 0.817. The van der Waals surface area contributed by atoms with E-state index in [9.17, 15) is 9.59 Å². The maximum Gasteiger partial charge on any atom is 0.251 e. The van der Waals surface area contributed by atoms with E-state index in [4.69, 9.17) is 16.3 Å². The highest BCUT2D eigenvalue weighted by atomic mass is 35.5. The second-order valence-corrected chi connectivity index (χ2v) is 5.28. The third-order valence-electron chi connectivity index (χ3n) is 3.24. The molecule has 2 aromatic rings. The molecule has 5 nitrogen and oxygen atoms in total. The smallest absolute Gasteiger partial charge is 0.251 e. The first kappa shape index (κ1) is 17.6. The summed E-state index contributed by atoms with van der Waals surface area (Å²) in [5.74, 6) is 0.119. The first-order chi connectivity index (χ1) is 11.5. The van der Waals surface area contributed by atoms with Crippen molar-refractivity contribution in [1.82, 2.24) is 5.32 Å². The number of carbonyl (C=O) groups excluding carboxylic acids is 2. The van der Waals surface area contributed by atoms with Crippen LogP contribution in [0.4, 0.5) is 5.69 Å². The Morgan fingerprint density at radius 2 is 1.83 bits per heavy atom. The summed E-state index contributed by atoms with van der Waals surface area (Å²) in [5.41, 5.74) is 1.91. The monoisotopic (exact) mass is 344 g/mol. The fourth-order valence-electron chi connectivity index (χ4n) is 1.99. The van der Waals surface area contributed by atoms with E-state index in [2.05, 4.69) is 10.6 Å². The molecule has 6 heteroatoms. The van der Waals surface area contributed by atoms with Crippen LogP contribution in [-0.2, 0) is 4.79 Å². The number of anilines is 1. The van der Waals surface area contributed by atoms with Gasteiger partial charge in [0.05, 0.1) is 12.1 Å². The van der Waals surface area contributed by atoms with Crippen molar-refractivity contribution in [2.45, 2.75) is 0 Å². The molecule has 0 atom stereocenters. The fraction of sp³-hybridized carbons (Fsp3) is 0.111. The van der Waals surface area contributed by atoms with Gasteiger partial charge in [0.2, 0.25) is 5.91 Å². The Hall–Kier alpha value is -2.79. The molecule has 0 spiro atoms. The van der Waals surface area contributed by atoms with Crippen molar-refractivity contribution in [2.24, 2.45) is 0 Å². The standard InChI is InChI=1S/C18H17ClN2O3/c1-20-18(23)13-5-7-14(8-6-13)21-17(22)10-4-12-3-9-16(24-2)15(19)11-12/h3-11H,1-2H3,(H,20,23)(H,21,22). The van der Waals surface area contributed by atoms with Crippen LogP contribution < -0.4 is 15.4 Å². The maximum absolute atomic E-state index is 11.9. The van der Waals surface area contributed by atoms with Crippen molar-refractivity contribution < 1.29 is 14.3 Å². The van der Waals surface area contributed by atoms with Gasteiger partial charge in [0.15, 0.2) is 0 Å². The molecule has 2 rings (SSSR count). The van der Waals surface area contributed by atoms with Crippen molar-refractivity contribution in [3.05, 3.63) is 64.7 Å². The molecular weight excluding hydrogens is 328 g/mol. The van der Waals surface area contributed by atoms with Crippen LogP contribution in [0.3, 0.4) is 0 Å². The Bertz CT molecular complexity index is 770. The molecule has 0 saturated heterocycles. The third-order valence-corrected chi connectivity index (χ3v) is 3.54. The van der Waals surface area contributed by atoms with E-state index in [1.165, 1.54) is 6.08 Å². The summed E-state index contributed by atoms with van der Waals surface area (Å²) >= 11 is 6.03. The van der Waals surface area contributed by atoms with Gasteiger partial charge in [0, 0.05) is 24.4 Å². The van der Waals surface area contributed by atoms with Gasteiger partial charge >= 0.3 is 0 Å². The van der Waals surface area contributed by atoms with E-state index in [1.54, 1.807) is 62.7 Å². The van der Waals surface area contributed by atoms with Crippen LogP contribution >= 0.6 is 11.6 Å². The Morgan fingerprint density at radius 3 is 2.42 bits per heavy atom. The topological polar surface area (TPSA) is 67.4 Å². The summed E-state index contributed by atoms with van der Waals surface area (Å²) in [7, 11) is 3.10. The van der Waals surface area contributed by atoms with Gasteiger partial charge in [-0.25, -0.2) is 0 Å². The summed E-state index contributed by atoms with van der Waals surface area (Å²) in [5, 5.41) is 5.73. The minimum atomic E-state index is -0.283. The number of hydrogen-bond acceptors (Lipinski definition) is 3. The Morgan fingerprint density at radius 1 is 1.12 bits per heavy atom. The third kappa shape index (κ3) is 4.60. The molecule has 0 heterocycles. The molecule has 0 saturated carbocycles. The Kier molecular flexibility index (Phi) is 5.98. The predicted octanol–water partition coefficient (Wildman–Crippen LogP) is 3.36. The van der Waals surface area contributed by atoms with E-state index in [1.807, 2.05) is 0 Å². The normalized spacial score (nSPS) is 10.5. The minimum absolute atomic E-state index is 0.177. The number of methoxy groups -OCH3 is 1. The number of amides is 2. The highest BCUT2D eigenvalue weighted by Crippen LogP contribution is 2.25. The summed E-state index contributed by atoms with van der Waals surface area (Å²) in [6, 6.07) is 11.9. The molecule has 0 unspecified atom stereocenters. The lowest BCUT2D eigenvalue weighted by Crippen LogP contribution is -2.17. The van der Waals surface area contributed by atoms with Crippen LogP contribution in [0.25, 0.3) is 6.08 Å². The van der Waals surface area contributed by atoms with Crippen molar-refractivity contribution in [2.75, 3.05) is 19.5 Å². The number of hydrogen-bond donors (Lipinski definition) is 2. The van der Waals surface area contributed by atoms with Gasteiger partial charge in [-0.3, -0.25) is 9.59 Å². The van der Waals surface area contributed by atoms with E-state index >= 15 is 0 Å². The fourth-order valence-corrected chi connectivity index (χ4v) is 2.26. The number of halogens is 1. The van der Waals surface area contributed by atoms with E-state index in [0.29, 0.717) is 22.0 Å². The second kappa shape index (κ2) is 8.17.